The number of ether oxygens (including phenoxy) is 1. The highest BCUT2D eigenvalue weighted by Crippen LogP contribution is 2.28. The summed E-state index contributed by atoms with van der Waals surface area (Å²) in [5, 5.41) is 8.99. The number of rotatable bonds is 7. The Kier molecular flexibility index (Phi) is 5.93. The van der Waals surface area contributed by atoms with E-state index < -0.39 is 10.0 Å². The van der Waals surface area contributed by atoms with Crippen LogP contribution in [0.2, 0.25) is 0 Å². The second-order valence-electron chi connectivity index (χ2n) is 3.81. The Morgan fingerprint density at radius 3 is 2.74 bits per heavy atom. The molecule has 0 aliphatic carbocycles. The summed E-state index contributed by atoms with van der Waals surface area (Å²) >= 11 is 5.51. The van der Waals surface area contributed by atoms with Crippen molar-refractivity contribution in [2.75, 3.05) is 23.5 Å². The summed E-state index contributed by atoms with van der Waals surface area (Å²) in [5.41, 5.74) is 0.402. The van der Waals surface area contributed by atoms with E-state index in [-0.39, 0.29) is 17.0 Å². The lowest BCUT2D eigenvalue weighted by Gasteiger charge is -2.12. The van der Waals surface area contributed by atoms with Gasteiger partial charge in [-0.05, 0) is 25.0 Å². The van der Waals surface area contributed by atoms with Crippen molar-refractivity contribution in [3.8, 4) is 11.8 Å². The Hall–Kier alpha value is -1.45. The van der Waals surface area contributed by atoms with Gasteiger partial charge < -0.3 is 4.74 Å². The molecule has 0 aliphatic rings. The van der Waals surface area contributed by atoms with Crippen LogP contribution in [0.5, 0.6) is 5.75 Å². The van der Waals surface area contributed by atoms with Gasteiger partial charge in [-0.1, -0.05) is 6.07 Å². The first-order valence-corrected chi connectivity index (χ1v) is 7.86. The summed E-state index contributed by atoms with van der Waals surface area (Å²) in [5.74, 6) is 0.705. The summed E-state index contributed by atoms with van der Waals surface area (Å²) in [6.45, 7) is 0. The molecule has 0 unspecified atom stereocenters. The molecule has 0 spiro atoms. The van der Waals surface area contributed by atoms with Gasteiger partial charge in [0, 0.05) is 5.88 Å². The minimum absolute atomic E-state index is 0.0391. The molecule has 0 aromatic heterocycles. The fourth-order valence-electron chi connectivity index (χ4n) is 1.49. The van der Waals surface area contributed by atoms with Crippen molar-refractivity contribution in [3.05, 3.63) is 23.8 Å². The van der Waals surface area contributed by atoms with Crippen LogP contribution in [0.25, 0.3) is 0 Å². The fourth-order valence-corrected chi connectivity index (χ4v) is 2.89. The summed E-state index contributed by atoms with van der Waals surface area (Å²) < 4.78 is 31.2. The van der Waals surface area contributed by atoms with Crippen LogP contribution in [0.1, 0.15) is 18.4 Å². The molecule has 5 nitrogen and oxygen atoms in total. The van der Waals surface area contributed by atoms with Crippen LogP contribution in [0.15, 0.2) is 18.2 Å². The van der Waals surface area contributed by atoms with Crippen molar-refractivity contribution in [2.24, 2.45) is 0 Å². The smallest absolute Gasteiger partial charge is 0.232 e. The summed E-state index contributed by atoms with van der Waals surface area (Å²) in [7, 11) is -2.09. The Labute approximate surface area is 118 Å². The minimum atomic E-state index is -3.51. The maximum atomic E-state index is 11.9. The van der Waals surface area contributed by atoms with E-state index in [2.05, 4.69) is 4.72 Å². The predicted octanol–water partition coefficient (Wildman–Crippen LogP) is 2.33. The van der Waals surface area contributed by atoms with Crippen LogP contribution < -0.4 is 9.46 Å². The number of methoxy groups -OCH3 is 1. The number of anilines is 1. The monoisotopic (exact) mass is 302 g/mol. The first-order chi connectivity index (χ1) is 9.04. The molecular weight excluding hydrogens is 288 g/mol. The van der Waals surface area contributed by atoms with Gasteiger partial charge in [-0.25, -0.2) is 8.42 Å². The number of sulfonamides is 1. The van der Waals surface area contributed by atoms with Gasteiger partial charge in [0.1, 0.15) is 17.5 Å². The lowest BCUT2D eigenvalue weighted by Crippen LogP contribution is -2.18. The average molecular weight is 303 g/mol. The molecule has 1 aromatic rings. The molecule has 0 atom stereocenters. The summed E-state index contributed by atoms with van der Waals surface area (Å²) in [6.07, 6.45) is 1.09. The number of benzene rings is 1. The van der Waals surface area contributed by atoms with Crippen LogP contribution in [0.3, 0.4) is 0 Å². The van der Waals surface area contributed by atoms with E-state index in [1.807, 2.05) is 6.07 Å². The van der Waals surface area contributed by atoms with Gasteiger partial charge in [-0.15, -0.1) is 11.6 Å². The van der Waals surface area contributed by atoms with Gasteiger partial charge in [0.15, 0.2) is 0 Å². The summed E-state index contributed by atoms with van der Waals surface area (Å²) in [4.78, 5) is 0. The second kappa shape index (κ2) is 7.22. The Morgan fingerprint density at radius 1 is 1.42 bits per heavy atom. The van der Waals surface area contributed by atoms with E-state index in [1.54, 1.807) is 12.1 Å². The molecule has 104 valence electrons. The lowest BCUT2D eigenvalue weighted by atomic mass is 10.2. The fraction of sp³-hybridized carbons (Fsp3) is 0.417. The zero-order valence-electron chi connectivity index (χ0n) is 10.5. The van der Waals surface area contributed by atoms with Crippen molar-refractivity contribution >= 4 is 27.3 Å². The maximum absolute atomic E-state index is 11.9. The predicted molar refractivity (Wildman–Crippen MR) is 75.1 cm³/mol. The standard InChI is InChI=1S/C12H15ClN2O3S/c1-18-11-6-4-5-10(9-14)12(11)15-19(16,17)8-3-2-7-13/h4-6,15H,2-3,7-8H2,1H3. The number of alkyl halides is 1. The molecule has 1 aromatic carbocycles. The first-order valence-electron chi connectivity index (χ1n) is 5.67. The van der Waals surface area contributed by atoms with E-state index in [1.165, 1.54) is 13.2 Å². The number of nitrogens with zero attached hydrogens (tertiary/aromatic N) is 1. The van der Waals surface area contributed by atoms with Crippen LogP contribution in [0, 0.1) is 11.3 Å². The zero-order chi connectivity index (χ0) is 14.3. The quantitative estimate of drug-likeness (QED) is 0.619. The largest absolute Gasteiger partial charge is 0.495 e. The Morgan fingerprint density at radius 2 is 2.16 bits per heavy atom. The molecule has 0 amide bonds. The molecule has 0 radical (unpaired) electrons. The zero-order valence-corrected chi connectivity index (χ0v) is 12.1. The topological polar surface area (TPSA) is 79.2 Å². The third kappa shape index (κ3) is 4.62. The summed E-state index contributed by atoms with van der Waals surface area (Å²) in [6, 6.07) is 6.68. The number of halogens is 1. The highest BCUT2D eigenvalue weighted by Gasteiger charge is 2.16. The van der Waals surface area contributed by atoms with Crippen LogP contribution in [-0.2, 0) is 10.0 Å². The van der Waals surface area contributed by atoms with Gasteiger partial charge in [0.2, 0.25) is 10.0 Å². The second-order valence-corrected chi connectivity index (χ2v) is 6.03. The van der Waals surface area contributed by atoms with Crippen LogP contribution in [-0.4, -0.2) is 27.2 Å². The molecular formula is C12H15ClN2O3S. The van der Waals surface area contributed by atoms with E-state index in [9.17, 15) is 8.42 Å². The van der Waals surface area contributed by atoms with Crippen molar-refractivity contribution in [1.82, 2.24) is 0 Å². The third-order valence-corrected chi connectivity index (χ3v) is 4.03. The third-order valence-electron chi connectivity index (χ3n) is 2.42. The van der Waals surface area contributed by atoms with Crippen molar-refractivity contribution in [1.29, 1.82) is 5.26 Å². The number of para-hydroxylation sites is 1. The molecule has 1 N–H and O–H groups in total. The highest BCUT2D eigenvalue weighted by atomic mass is 35.5. The van der Waals surface area contributed by atoms with E-state index in [0.29, 0.717) is 24.5 Å². The molecule has 1 rings (SSSR count). The molecule has 7 heteroatoms. The number of hydrogen-bond acceptors (Lipinski definition) is 4. The lowest BCUT2D eigenvalue weighted by molar-refractivity contribution is 0.416. The maximum Gasteiger partial charge on any atom is 0.232 e. The first kappa shape index (κ1) is 15.6. The van der Waals surface area contributed by atoms with E-state index >= 15 is 0 Å². The molecule has 19 heavy (non-hydrogen) atoms. The van der Waals surface area contributed by atoms with Gasteiger partial charge >= 0.3 is 0 Å². The average Bonchev–Trinajstić information content (AvgIpc) is 2.38. The number of nitriles is 1. The van der Waals surface area contributed by atoms with Crippen LogP contribution in [0.4, 0.5) is 5.69 Å². The Bertz CT molecular complexity index is 567. The van der Waals surface area contributed by atoms with Crippen molar-refractivity contribution in [3.63, 3.8) is 0 Å². The molecule has 0 fully saturated rings. The molecule has 0 saturated carbocycles. The van der Waals surface area contributed by atoms with E-state index in [4.69, 9.17) is 21.6 Å². The van der Waals surface area contributed by atoms with Gasteiger partial charge in [-0.2, -0.15) is 5.26 Å². The minimum Gasteiger partial charge on any atom is -0.495 e. The number of hydrogen-bond donors (Lipinski definition) is 1. The van der Waals surface area contributed by atoms with Crippen molar-refractivity contribution < 1.29 is 13.2 Å². The van der Waals surface area contributed by atoms with Crippen LogP contribution >= 0.6 is 11.6 Å². The number of nitrogens with one attached hydrogen (secondary N) is 1. The Balaban J connectivity index is 2.95. The van der Waals surface area contributed by atoms with Gasteiger partial charge in [-0.3, -0.25) is 4.72 Å². The normalized spacial score (nSPS) is 10.8. The highest BCUT2D eigenvalue weighted by molar-refractivity contribution is 7.92. The van der Waals surface area contributed by atoms with Gasteiger partial charge in [0.05, 0.1) is 18.4 Å². The molecule has 0 aliphatic heterocycles. The van der Waals surface area contributed by atoms with Crippen molar-refractivity contribution in [2.45, 2.75) is 12.8 Å². The van der Waals surface area contributed by atoms with Gasteiger partial charge in [0.25, 0.3) is 0 Å². The molecule has 0 bridgehead atoms. The van der Waals surface area contributed by atoms with E-state index in [0.717, 1.165) is 0 Å². The SMILES string of the molecule is COc1cccc(C#N)c1NS(=O)(=O)CCCCCl. The number of unbranched alkanes of at least 4 members (excludes halogenated alkanes) is 1. The molecule has 0 saturated heterocycles. The molecule has 0 heterocycles.